The molecule has 7 heteroatoms. The monoisotopic (exact) mass is 446 g/mol. The van der Waals surface area contributed by atoms with E-state index in [1.165, 1.54) is 16.7 Å². The molecule has 2 heterocycles. The van der Waals surface area contributed by atoms with Gasteiger partial charge in [-0.2, -0.15) is 0 Å². The van der Waals surface area contributed by atoms with Gasteiger partial charge in [0.2, 0.25) is 0 Å². The van der Waals surface area contributed by atoms with E-state index >= 15 is 0 Å². The molecule has 0 aliphatic carbocycles. The highest BCUT2D eigenvalue weighted by Crippen LogP contribution is 2.26. The van der Waals surface area contributed by atoms with Crippen molar-refractivity contribution in [1.82, 2.24) is 4.90 Å². The van der Waals surface area contributed by atoms with Gasteiger partial charge in [0.1, 0.15) is 6.04 Å². The molecular weight excluding hydrogens is 420 g/mol. The Bertz CT molecular complexity index is 1140. The Kier molecular flexibility index (Phi) is 6.58. The summed E-state index contributed by atoms with van der Waals surface area (Å²) >= 11 is 0. The molecule has 0 fully saturated rings. The maximum atomic E-state index is 13.0. The van der Waals surface area contributed by atoms with E-state index in [1.807, 2.05) is 48.5 Å². The number of esters is 1. The van der Waals surface area contributed by atoms with Gasteiger partial charge >= 0.3 is 5.97 Å². The number of furan rings is 1. The van der Waals surface area contributed by atoms with Gasteiger partial charge in [0.15, 0.2) is 12.4 Å². The van der Waals surface area contributed by atoms with E-state index in [2.05, 4.69) is 19.2 Å². The molecule has 170 valence electrons. The van der Waals surface area contributed by atoms with Gasteiger partial charge in [-0.1, -0.05) is 50.2 Å². The fraction of sp³-hybridized carbons (Fsp3) is 0.269. The van der Waals surface area contributed by atoms with Crippen LogP contribution >= 0.6 is 0 Å². The van der Waals surface area contributed by atoms with Crippen LogP contribution in [-0.2, 0) is 27.3 Å². The molecule has 4 rings (SSSR count). The molecule has 0 radical (unpaired) electrons. The van der Waals surface area contributed by atoms with E-state index in [4.69, 9.17) is 9.15 Å². The molecule has 2 aromatic carbocycles. The summed E-state index contributed by atoms with van der Waals surface area (Å²) in [6.45, 7) is 4.00. The SMILES string of the molecule is CC(C)c1ccc(NC(=O)COC(=O)C2Cc3ccccc3CN2C(=O)c2ccco2)cc1. The van der Waals surface area contributed by atoms with Crippen LogP contribution in [0.5, 0.6) is 0 Å². The lowest BCUT2D eigenvalue weighted by Crippen LogP contribution is -2.49. The average Bonchev–Trinajstić information content (AvgIpc) is 3.36. The maximum Gasteiger partial charge on any atom is 0.329 e. The Morgan fingerprint density at radius 3 is 2.42 bits per heavy atom. The van der Waals surface area contributed by atoms with Crippen molar-refractivity contribution in [2.24, 2.45) is 0 Å². The molecule has 2 amide bonds. The number of carbonyl (C=O) groups excluding carboxylic acids is 3. The number of amides is 2. The minimum Gasteiger partial charge on any atom is -0.459 e. The Balaban J connectivity index is 1.42. The lowest BCUT2D eigenvalue weighted by Gasteiger charge is -2.34. The van der Waals surface area contributed by atoms with Gasteiger partial charge in [0.05, 0.1) is 6.26 Å². The predicted octanol–water partition coefficient (Wildman–Crippen LogP) is 4.15. The van der Waals surface area contributed by atoms with Crippen LogP contribution in [0.15, 0.2) is 71.3 Å². The second-order valence-corrected chi connectivity index (χ2v) is 8.33. The highest BCUT2D eigenvalue weighted by molar-refractivity contribution is 5.96. The first-order chi connectivity index (χ1) is 15.9. The fourth-order valence-electron chi connectivity index (χ4n) is 3.87. The maximum absolute atomic E-state index is 13.0. The van der Waals surface area contributed by atoms with Gasteiger partial charge in [-0.25, -0.2) is 4.79 Å². The molecule has 0 spiro atoms. The van der Waals surface area contributed by atoms with Gasteiger partial charge in [-0.15, -0.1) is 0 Å². The lowest BCUT2D eigenvalue weighted by atomic mass is 9.93. The van der Waals surface area contributed by atoms with Gasteiger partial charge in [-0.3, -0.25) is 9.59 Å². The van der Waals surface area contributed by atoms with E-state index in [1.54, 1.807) is 12.1 Å². The number of nitrogens with one attached hydrogen (secondary N) is 1. The van der Waals surface area contributed by atoms with Crippen LogP contribution in [0.25, 0.3) is 0 Å². The molecule has 33 heavy (non-hydrogen) atoms. The minimum absolute atomic E-state index is 0.148. The van der Waals surface area contributed by atoms with Crippen molar-refractivity contribution in [2.45, 2.75) is 38.8 Å². The molecule has 1 aromatic heterocycles. The second kappa shape index (κ2) is 9.73. The number of nitrogens with zero attached hydrogens (tertiary/aromatic N) is 1. The third-order valence-electron chi connectivity index (χ3n) is 5.72. The van der Waals surface area contributed by atoms with Crippen LogP contribution in [-0.4, -0.2) is 35.3 Å². The number of anilines is 1. The molecule has 0 saturated heterocycles. The molecule has 7 nitrogen and oxygen atoms in total. The summed E-state index contributed by atoms with van der Waals surface area (Å²) in [6.07, 6.45) is 1.72. The van der Waals surface area contributed by atoms with Gasteiger partial charge in [0.25, 0.3) is 11.8 Å². The zero-order valence-electron chi connectivity index (χ0n) is 18.6. The Morgan fingerprint density at radius 2 is 1.76 bits per heavy atom. The average molecular weight is 447 g/mol. The van der Waals surface area contributed by atoms with Gasteiger partial charge in [0, 0.05) is 18.7 Å². The molecule has 1 aliphatic heterocycles. The standard InChI is InChI=1S/C26H26N2O5/c1-17(2)18-9-11-21(12-10-18)27-24(29)16-33-26(31)22-14-19-6-3-4-7-20(19)15-28(22)25(30)23-8-5-13-32-23/h3-13,17,22H,14-16H2,1-2H3,(H,27,29). The molecule has 0 saturated carbocycles. The summed E-state index contributed by atoms with van der Waals surface area (Å²) in [4.78, 5) is 39.7. The Hall–Kier alpha value is -3.87. The Morgan fingerprint density at radius 1 is 1.03 bits per heavy atom. The number of hydrogen-bond acceptors (Lipinski definition) is 5. The summed E-state index contributed by atoms with van der Waals surface area (Å²) in [6, 6.07) is 17.5. The Labute approximate surface area is 192 Å². The van der Waals surface area contributed by atoms with Crippen LogP contribution in [0.4, 0.5) is 5.69 Å². The van der Waals surface area contributed by atoms with E-state index in [9.17, 15) is 14.4 Å². The first kappa shape index (κ1) is 22.3. The highest BCUT2D eigenvalue weighted by Gasteiger charge is 2.37. The van der Waals surface area contributed by atoms with Crippen molar-refractivity contribution >= 4 is 23.5 Å². The lowest BCUT2D eigenvalue weighted by molar-refractivity contribution is -0.152. The number of benzene rings is 2. The largest absolute Gasteiger partial charge is 0.459 e. The van der Waals surface area contributed by atoms with Crippen molar-refractivity contribution in [2.75, 3.05) is 11.9 Å². The van der Waals surface area contributed by atoms with Crippen molar-refractivity contribution in [3.63, 3.8) is 0 Å². The van der Waals surface area contributed by atoms with Crippen LogP contribution < -0.4 is 5.32 Å². The second-order valence-electron chi connectivity index (χ2n) is 8.33. The predicted molar refractivity (Wildman–Crippen MR) is 123 cm³/mol. The summed E-state index contributed by atoms with van der Waals surface area (Å²) in [5.74, 6) is -0.931. The zero-order chi connectivity index (χ0) is 23.4. The summed E-state index contributed by atoms with van der Waals surface area (Å²) in [7, 11) is 0. The molecule has 1 unspecified atom stereocenters. The molecular formula is C26H26N2O5. The van der Waals surface area contributed by atoms with Crippen molar-refractivity contribution in [1.29, 1.82) is 0 Å². The van der Waals surface area contributed by atoms with Crippen LogP contribution in [0.1, 0.15) is 47.0 Å². The molecule has 1 aliphatic rings. The van der Waals surface area contributed by atoms with Crippen LogP contribution in [0.2, 0.25) is 0 Å². The minimum atomic E-state index is -0.851. The fourth-order valence-corrected chi connectivity index (χ4v) is 3.87. The van der Waals surface area contributed by atoms with Gasteiger partial charge < -0.3 is 19.4 Å². The number of carbonyl (C=O) groups is 3. The van der Waals surface area contributed by atoms with Gasteiger partial charge in [-0.05, 0) is 46.9 Å². The quantitative estimate of drug-likeness (QED) is 0.575. The number of fused-ring (bicyclic) bond motifs is 1. The number of ether oxygens (including phenoxy) is 1. The smallest absolute Gasteiger partial charge is 0.329 e. The molecule has 1 N–H and O–H groups in total. The van der Waals surface area contributed by atoms with E-state index in [-0.39, 0.29) is 12.3 Å². The molecule has 1 atom stereocenters. The molecule has 3 aromatic rings. The normalized spacial score (nSPS) is 15.1. The summed E-state index contributed by atoms with van der Waals surface area (Å²) < 4.78 is 10.6. The first-order valence-electron chi connectivity index (χ1n) is 10.9. The van der Waals surface area contributed by atoms with Crippen molar-refractivity contribution in [3.05, 3.63) is 89.4 Å². The summed E-state index contributed by atoms with van der Waals surface area (Å²) in [5, 5.41) is 2.73. The van der Waals surface area contributed by atoms with E-state index < -0.39 is 30.4 Å². The highest BCUT2D eigenvalue weighted by atomic mass is 16.5. The molecule has 0 bridgehead atoms. The first-order valence-corrected chi connectivity index (χ1v) is 10.9. The zero-order valence-corrected chi connectivity index (χ0v) is 18.6. The summed E-state index contributed by atoms with van der Waals surface area (Å²) in [5.41, 5.74) is 3.72. The van der Waals surface area contributed by atoms with Crippen molar-refractivity contribution < 1.29 is 23.5 Å². The third kappa shape index (κ3) is 5.14. The van der Waals surface area contributed by atoms with E-state index in [0.29, 0.717) is 18.0 Å². The van der Waals surface area contributed by atoms with Crippen LogP contribution in [0.3, 0.4) is 0 Å². The van der Waals surface area contributed by atoms with E-state index in [0.717, 1.165) is 11.1 Å². The third-order valence-corrected chi connectivity index (χ3v) is 5.72. The number of hydrogen-bond donors (Lipinski definition) is 1. The topological polar surface area (TPSA) is 88.9 Å². The van der Waals surface area contributed by atoms with Crippen LogP contribution in [0, 0.1) is 0 Å². The number of rotatable bonds is 6. The van der Waals surface area contributed by atoms with Crippen molar-refractivity contribution in [3.8, 4) is 0 Å².